The van der Waals surface area contributed by atoms with Crippen molar-refractivity contribution < 1.29 is 9.84 Å². The Morgan fingerprint density at radius 1 is 1.19 bits per heavy atom. The minimum atomic E-state index is -0.510. The van der Waals surface area contributed by atoms with Gasteiger partial charge in [-0.05, 0) is 31.5 Å². The first-order valence-electron chi connectivity index (χ1n) is 7.33. The van der Waals surface area contributed by atoms with Gasteiger partial charge in [0.15, 0.2) is 5.96 Å². The van der Waals surface area contributed by atoms with E-state index >= 15 is 0 Å². The fraction of sp³-hybridized carbons (Fsp3) is 0.533. The lowest BCUT2D eigenvalue weighted by Crippen LogP contribution is -2.32. The highest BCUT2D eigenvalue weighted by Crippen LogP contribution is 2.08. The Morgan fingerprint density at radius 3 is 2.62 bits per heavy atom. The molecule has 6 N–H and O–H groups in total. The molecule has 0 spiro atoms. The highest BCUT2D eigenvalue weighted by Gasteiger charge is 2.04. The maximum atomic E-state index is 9.78. The quantitative estimate of drug-likeness (QED) is 0.234. The van der Waals surface area contributed by atoms with Gasteiger partial charge in [-0.1, -0.05) is 24.6 Å². The molecule has 0 aromatic heterocycles. The zero-order chi connectivity index (χ0) is 15.3. The van der Waals surface area contributed by atoms with Gasteiger partial charge in [0, 0.05) is 13.1 Å². The first-order chi connectivity index (χ1) is 10.2. The molecule has 118 valence electrons. The highest BCUT2D eigenvalue weighted by atomic mass is 16.5. The number of rotatable bonds is 11. The summed E-state index contributed by atoms with van der Waals surface area (Å²) in [6, 6.07) is 9.48. The van der Waals surface area contributed by atoms with E-state index in [0.29, 0.717) is 13.2 Å². The second kappa shape index (κ2) is 10.9. The molecule has 0 fully saturated rings. The smallest absolute Gasteiger partial charge is 0.185 e. The van der Waals surface area contributed by atoms with Gasteiger partial charge in [0.1, 0.15) is 18.5 Å². The van der Waals surface area contributed by atoms with Gasteiger partial charge in [0.25, 0.3) is 0 Å². The molecule has 1 aromatic carbocycles. The SMILES string of the molecule is N=C(N)NCCCCCNCC(O)COc1ccccc1. The van der Waals surface area contributed by atoms with Crippen LogP contribution < -0.4 is 21.1 Å². The summed E-state index contributed by atoms with van der Waals surface area (Å²) in [5, 5.41) is 22.8. The van der Waals surface area contributed by atoms with E-state index < -0.39 is 6.10 Å². The molecule has 0 saturated heterocycles. The highest BCUT2D eigenvalue weighted by molar-refractivity contribution is 5.74. The summed E-state index contributed by atoms with van der Waals surface area (Å²) in [6.45, 7) is 2.42. The van der Waals surface area contributed by atoms with Crippen molar-refractivity contribution in [2.45, 2.75) is 25.4 Å². The molecule has 21 heavy (non-hydrogen) atoms. The topological polar surface area (TPSA) is 103 Å². The van der Waals surface area contributed by atoms with Crippen molar-refractivity contribution in [1.82, 2.24) is 10.6 Å². The summed E-state index contributed by atoms with van der Waals surface area (Å²) in [7, 11) is 0. The van der Waals surface area contributed by atoms with Crippen molar-refractivity contribution in [1.29, 1.82) is 5.41 Å². The molecule has 0 radical (unpaired) electrons. The van der Waals surface area contributed by atoms with E-state index in [9.17, 15) is 5.11 Å². The van der Waals surface area contributed by atoms with Gasteiger partial charge in [0.05, 0.1) is 0 Å². The monoisotopic (exact) mass is 294 g/mol. The van der Waals surface area contributed by atoms with E-state index in [-0.39, 0.29) is 5.96 Å². The Labute approximate surface area is 126 Å². The molecule has 0 aliphatic carbocycles. The molecule has 0 amide bonds. The fourth-order valence-electron chi connectivity index (χ4n) is 1.81. The lowest BCUT2D eigenvalue weighted by Gasteiger charge is -2.13. The van der Waals surface area contributed by atoms with Crippen molar-refractivity contribution in [2.24, 2.45) is 5.73 Å². The third kappa shape index (κ3) is 9.70. The van der Waals surface area contributed by atoms with Crippen LogP contribution in [0.2, 0.25) is 0 Å². The van der Waals surface area contributed by atoms with Crippen LogP contribution in [0.1, 0.15) is 19.3 Å². The number of nitrogens with one attached hydrogen (secondary N) is 3. The van der Waals surface area contributed by atoms with Gasteiger partial charge in [0.2, 0.25) is 0 Å². The van der Waals surface area contributed by atoms with Crippen LogP contribution in [0.5, 0.6) is 5.75 Å². The Bertz CT molecular complexity index is 387. The third-order valence-electron chi connectivity index (χ3n) is 2.91. The first kappa shape index (κ1) is 17.3. The second-order valence-corrected chi connectivity index (χ2v) is 4.88. The van der Waals surface area contributed by atoms with E-state index in [2.05, 4.69) is 10.6 Å². The van der Waals surface area contributed by atoms with Crippen molar-refractivity contribution in [3.8, 4) is 5.75 Å². The summed E-state index contributed by atoms with van der Waals surface area (Å²) >= 11 is 0. The van der Waals surface area contributed by atoms with Gasteiger partial charge in [-0.3, -0.25) is 5.41 Å². The van der Waals surface area contributed by atoms with Gasteiger partial charge < -0.3 is 26.2 Å². The van der Waals surface area contributed by atoms with E-state index in [4.69, 9.17) is 15.9 Å². The Kier molecular flexibility index (Phi) is 8.99. The number of aliphatic hydroxyl groups excluding tert-OH is 1. The van der Waals surface area contributed by atoms with Crippen LogP contribution in [-0.4, -0.2) is 43.4 Å². The number of aliphatic hydroxyl groups is 1. The Balaban J connectivity index is 1.91. The molecule has 6 heteroatoms. The van der Waals surface area contributed by atoms with Gasteiger partial charge in [-0.2, -0.15) is 0 Å². The standard InChI is InChI=1S/C15H26N4O2/c16-15(17)19-10-6-2-5-9-18-11-13(20)12-21-14-7-3-1-4-8-14/h1,3-4,7-8,13,18,20H,2,5-6,9-12H2,(H4,16,17,19). The second-order valence-electron chi connectivity index (χ2n) is 4.88. The van der Waals surface area contributed by atoms with Crippen molar-refractivity contribution in [3.63, 3.8) is 0 Å². The Morgan fingerprint density at radius 2 is 1.90 bits per heavy atom. The number of ether oxygens (including phenoxy) is 1. The van der Waals surface area contributed by atoms with Crippen LogP contribution >= 0.6 is 0 Å². The van der Waals surface area contributed by atoms with E-state index in [1.807, 2.05) is 30.3 Å². The number of guanidine groups is 1. The molecule has 0 bridgehead atoms. The van der Waals surface area contributed by atoms with E-state index in [1.54, 1.807) is 0 Å². The van der Waals surface area contributed by atoms with Gasteiger partial charge in [-0.25, -0.2) is 0 Å². The van der Waals surface area contributed by atoms with E-state index in [0.717, 1.165) is 38.1 Å². The summed E-state index contributed by atoms with van der Waals surface area (Å²) in [5.41, 5.74) is 5.18. The number of nitrogens with two attached hydrogens (primary N) is 1. The maximum absolute atomic E-state index is 9.78. The molecule has 0 saturated carbocycles. The predicted octanol–water partition coefficient (Wildman–Crippen LogP) is 0.669. The van der Waals surface area contributed by atoms with Crippen molar-refractivity contribution >= 4 is 5.96 Å². The van der Waals surface area contributed by atoms with Crippen LogP contribution in [0.25, 0.3) is 0 Å². The maximum Gasteiger partial charge on any atom is 0.185 e. The number of hydrogen-bond acceptors (Lipinski definition) is 4. The number of hydrogen-bond donors (Lipinski definition) is 5. The number of benzene rings is 1. The van der Waals surface area contributed by atoms with Gasteiger partial charge >= 0.3 is 0 Å². The molecule has 6 nitrogen and oxygen atoms in total. The van der Waals surface area contributed by atoms with Crippen molar-refractivity contribution in [3.05, 3.63) is 30.3 Å². The molecule has 1 rings (SSSR count). The molecule has 0 aliphatic heterocycles. The summed E-state index contributed by atoms with van der Waals surface area (Å²) in [6.07, 6.45) is 2.57. The Hall–Kier alpha value is -1.79. The summed E-state index contributed by atoms with van der Waals surface area (Å²) in [5.74, 6) is 0.796. The van der Waals surface area contributed by atoms with Crippen LogP contribution in [0.15, 0.2) is 30.3 Å². The molecular weight excluding hydrogens is 268 g/mol. The largest absolute Gasteiger partial charge is 0.491 e. The number of para-hydroxylation sites is 1. The zero-order valence-electron chi connectivity index (χ0n) is 12.3. The minimum absolute atomic E-state index is 0.0228. The zero-order valence-corrected chi connectivity index (χ0v) is 12.3. The molecule has 1 aromatic rings. The molecule has 0 heterocycles. The lowest BCUT2D eigenvalue weighted by molar-refractivity contribution is 0.106. The van der Waals surface area contributed by atoms with Crippen LogP contribution in [0, 0.1) is 5.41 Å². The van der Waals surface area contributed by atoms with Crippen LogP contribution in [0.4, 0.5) is 0 Å². The predicted molar refractivity (Wildman–Crippen MR) is 84.6 cm³/mol. The normalized spacial score (nSPS) is 11.9. The summed E-state index contributed by atoms with van der Waals surface area (Å²) < 4.78 is 5.47. The lowest BCUT2D eigenvalue weighted by atomic mass is 10.2. The first-order valence-corrected chi connectivity index (χ1v) is 7.33. The molecule has 0 aliphatic rings. The third-order valence-corrected chi connectivity index (χ3v) is 2.91. The minimum Gasteiger partial charge on any atom is -0.491 e. The van der Waals surface area contributed by atoms with Gasteiger partial charge in [-0.15, -0.1) is 0 Å². The van der Waals surface area contributed by atoms with Crippen molar-refractivity contribution in [2.75, 3.05) is 26.2 Å². The summed E-state index contributed by atoms with van der Waals surface area (Å²) in [4.78, 5) is 0. The average molecular weight is 294 g/mol. The molecule has 1 atom stereocenters. The molecule has 1 unspecified atom stereocenters. The fourth-order valence-corrected chi connectivity index (χ4v) is 1.81. The van der Waals surface area contributed by atoms with Crippen LogP contribution in [0.3, 0.4) is 0 Å². The van der Waals surface area contributed by atoms with Crippen LogP contribution in [-0.2, 0) is 0 Å². The van der Waals surface area contributed by atoms with E-state index in [1.165, 1.54) is 0 Å². The number of unbranched alkanes of at least 4 members (excludes halogenated alkanes) is 2. The molecular formula is C15H26N4O2. The average Bonchev–Trinajstić information content (AvgIpc) is 2.48.